The van der Waals surface area contributed by atoms with Gasteiger partial charge in [-0.3, -0.25) is 0 Å². The van der Waals surface area contributed by atoms with E-state index < -0.39 is 11.9 Å². The van der Waals surface area contributed by atoms with Crippen LogP contribution in [0.2, 0.25) is 0 Å². The molecule has 2 aliphatic rings. The second-order valence-electron chi connectivity index (χ2n) is 6.77. The predicted octanol–water partition coefficient (Wildman–Crippen LogP) is 2.13. The monoisotopic (exact) mass is 684 g/mol. The number of carbonyl (C=O) groups excluding carboxylic acids is 2. The summed E-state index contributed by atoms with van der Waals surface area (Å²) in [6, 6.07) is 0. The van der Waals surface area contributed by atoms with E-state index in [1.165, 1.54) is 12.8 Å². The summed E-state index contributed by atoms with van der Waals surface area (Å²) in [7, 11) is 0. The maximum absolute atomic E-state index is 10.9. The fraction of sp³-hybridized carbons (Fsp3) is 0.727. The van der Waals surface area contributed by atoms with E-state index >= 15 is 0 Å². The molecular weight excluding hydrogens is 652 g/mol. The number of rotatable bonds is 2. The van der Waals surface area contributed by atoms with Crippen LogP contribution in [0.4, 0.5) is 0 Å². The Morgan fingerprint density at radius 1 is 0.882 bits per heavy atom. The first-order chi connectivity index (χ1) is 14.8. The van der Waals surface area contributed by atoms with Crippen LogP contribution in [0.1, 0.15) is 65.2 Å². The van der Waals surface area contributed by atoms with Gasteiger partial charge in [0.2, 0.25) is 0 Å². The predicted molar refractivity (Wildman–Crippen MR) is 132 cm³/mol. The van der Waals surface area contributed by atoms with Gasteiger partial charge in [0.1, 0.15) is 0 Å². The molecular formula is C22H33B2Cu2IO7. The van der Waals surface area contributed by atoms with Crippen molar-refractivity contribution in [2.24, 2.45) is 5.92 Å². The molecule has 2 N–H and O–H groups in total. The zero-order valence-electron chi connectivity index (χ0n) is 19.5. The molecule has 7 radical (unpaired) electrons. The summed E-state index contributed by atoms with van der Waals surface area (Å²) in [4.78, 5) is 20.9. The first-order valence-electron chi connectivity index (χ1n) is 10.3. The van der Waals surface area contributed by atoms with E-state index in [2.05, 4.69) is 61.5 Å². The number of alkyl halides is 1. The van der Waals surface area contributed by atoms with Crippen LogP contribution in [0.5, 0.6) is 0 Å². The van der Waals surface area contributed by atoms with Crippen LogP contribution >= 0.6 is 22.6 Å². The van der Waals surface area contributed by atoms with Gasteiger partial charge in [0, 0.05) is 55.6 Å². The molecule has 0 heterocycles. The molecule has 0 saturated heterocycles. The maximum atomic E-state index is 10.9. The van der Waals surface area contributed by atoms with Gasteiger partial charge in [-0.2, -0.15) is 0 Å². The number of ether oxygens (including phenoxy) is 2. The van der Waals surface area contributed by atoms with Gasteiger partial charge in [0.15, 0.2) is 0 Å². The van der Waals surface area contributed by atoms with Crippen molar-refractivity contribution < 1.29 is 66.1 Å². The second kappa shape index (κ2) is 30.7. The van der Waals surface area contributed by atoms with Gasteiger partial charge in [-0.05, 0) is 65.2 Å². The van der Waals surface area contributed by atoms with Gasteiger partial charge in [-0.25, -0.2) is 9.59 Å². The molecule has 2 saturated carbocycles. The molecule has 0 amide bonds. The molecule has 0 bridgehead atoms. The van der Waals surface area contributed by atoms with Gasteiger partial charge in [-0.15, -0.1) is 6.42 Å². The summed E-state index contributed by atoms with van der Waals surface area (Å²) in [5, 5.41) is 18.3. The van der Waals surface area contributed by atoms with Crippen molar-refractivity contribution in [3.8, 4) is 24.2 Å². The normalized spacial score (nSPS) is 21.7. The summed E-state index contributed by atoms with van der Waals surface area (Å²) >= 11 is 5.39. The Morgan fingerprint density at radius 2 is 1.26 bits per heavy atom. The van der Waals surface area contributed by atoms with Crippen LogP contribution < -0.4 is 0 Å². The zero-order chi connectivity index (χ0) is 24.1. The third-order valence-electron chi connectivity index (χ3n) is 4.37. The van der Waals surface area contributed by atoms with Crippen molar-refractivity contribution >= 4 is 51.4 Å². The van der Waals surface area contributed by atoms with E-state index in [1.54, 1.807) is 19.8 Å². The Labute approximate surface area is 240 Å². The van der Waals surface area contributed by atoms with Crippen molar-refractivity contribution in [3.63, 3.8) is 0 Å². The molecule has 0 aliphatic heterocycles. The van der Waals surface area contributed by atoms with E-state index in [-0.39, 0.29) is 52.0 Å². The average molecular weight is 685 g/mol. The summed E-state index contributed by atoms with van der Waals surface area (Å²) in [5.41, 5.74) is 0. The molecule has 0 unspecified atom stereocenters. The molecule has 0 spiro atoms. The fourth-order valence-electron chi connectivity index (χ4n) is 2.76. The van der Waals surface area contributed by atoms with Gasteiger partial charge < -0.3 is 19.7 Å². The number of aliphatic hydroxyl groups excluding tert-OH is 2. The molecule has 34 heavy (non-hydrogen) atoms. The number of carbonyl (C=O) groups is 2. The summed E-state index contributed by atoms with van der Waals surface area (Å²) < 4.78 is 17.7. The van der Waals surface area contributed by atoms with E-state index in [0.29, 0.717) is 13.2 Å². The van der Waals surface area contributed by atoms with Crippen molar-refractivity contribution in [2.45, 2.75) is 81.3 Å². The minimum absolute atomic E-state index is 0. The van der Waals surface area contributed by atoms with Crippen LogP contribution in [0.3, 0.4) is 0 Å². The summed E-state index contributed by atoms with van der Waals surface area (Å²) in [5.74, 6) is 6.38. The van der Waals surface area contributed by atoms with Gasteiger partial charge in [0.05, 0.1) is 25.4 Å². The number of halogens is 1. The molecule has 12 heteroatoms. The zero-order valence-corrected chi connectivity index (χ0v) is 23.6. The Balaban J connectivity index is -0.000000122. The van der Waals surface area contributed by atoms with Gasteiger partial charge >= 0.3 is 31.7 Å². The molecule has 0 aromatic heterocycles. The van der Waals surface area contributed by atoms with Crippen molar-refractivity contribution in [3.05, 3.63) is 0 Å². The van der Waals surface area contributed by atoms with Gasteiger partial charge in [0.25, 0.3) is 0 Å². The topological polar surface area (TPSA) is 110 Å². The van der Waals surface area contributed by atoms with E-state index in [9.17, 15) is 14.7 Å². The molecule has 0 atom stereocenters. The number of hydrogen-bond acceptors (Lipinski definition) is 7. The van der Waals surface area contributed by atoms with Crippen molar-refractivity contribution in [2.75, 3.05) is 13.2 Å². The number of hydrogen-bond donors (Lipinski definition) is 2. The van der Waals surface area contributed by atoms with Gasteiger partial charge in [-0.1, -0.05) is 28.5 Å². The number of terminal acetylenes is 1. The van der Waals surface area contributed by atoms with E-state index in [4.69, 9.17) is 13.7 Å². The molecule has 2 aliphatic carbocycles. The molecule has 0 aromatic carbocycles. The van der Waals surface area contributed by atoms with Crippen LogP contribution in [-0.2, 0) is 55.9 Å². The third-order valence-corrected chi connectivity index (χ3v) is 5.62. The molecule has 7 nitrogen and oxygen atoms in total. The minimum atomic E-state index is -0.595. The fourth-order valence-corrected chi connectivity index (χ4v) is 3.48. The first-order valence-corrected chi connectivity index (χ1v) is 11.9. The van der Waals surface area contributed by atoms with Crippen LogP contribution in [0, 0.1) is 30.1 Å². The SMILES string of the molecule is C#CC(=O)OCC.CCOC(=O)C#CC1CCC(O)CC1.OC1CCC(I)CC1.[B].[B].[Cu].[O]=[Cu]. The Morgan fingerprint density at radius 3 is 1.59 bits per heavy atom. The molecule has 198 valence electrons. The Hall–Kier alpha value is -0.321. The number of esters is 2. The van der Waals surface area contributed by atoms with Crippen LogP contribution in [0.15, 0.2) is 0 Å². The Bertz CT molecular complexity index is 586. The quantitative estimate of drug-likeness (QED) is 0.115. The Kier molecular flexibility index (Phi) is 39.5. The summed E-state index contributed by atoms with van der Waals surface area (Å²) in [6.07, 6.45) is 12.3. The molecule has 2 fully saturated rings. The summed E-state index contributed by atoms with van der Waals surface area (Å²) in [6.45, 7) is 4.19. The van der Waals surface area contributed by atoms with Crippen LogP contribution in [-0.4, -0.2) is 68.3 Å². The van der Waals surface area contributed by atoms with E-state index in [0.717, 1.165) is 42.4 Å². The van der Waals surface area contributed by atoms with Crippen molar-refractivity contribution in [1.82, 2.24) is 0 Å². The molecule has 2 rings (SSSR count). The third kappa shape index (κ3) is 27.9. The second-order valence-corrected chi connectivity index (χ2v) is 8.53. The van der Waals surface area contributed by atoms with Crippen LogP contribution in [0.25, 0.3) is 0 Å². The average Bonchev–Trinajstić information content (AvgIpc) is 2.78. The number of aliphatic hydroxyl groups is 2. The van der Waals surface area contributed by atoms with Crippen molar-refractivity contribution in [1.29, 1.82) is 0 Å². The van der Waals surface area contributed by atoms with E-state index in [1.807, 2.05) is 0 Å². The first kappa shape index (κ1) is 43.7. The standard InChI is InChI=1S/C11H16O3.C6H11IO.C5H6O2.2B.2Cu.O/c1-2-14-11(13)8-5-9-3-6-10(12)7-4-9;7-5-1-3-6(8)4-2-5;1-3-5(6)7-4-2;;;;;/h9-10,12H,2-4,6-7H2,1H3;5-6,8H,1-4H2;1H,4H2,2H3;;;;;. The molecule has 0 aromatic rings.